The Labute approximate surface area is 121 Å². The summed E-state index contributed by atoms with van der Waals surface area (Å²) >= 11 is 0. The average Bonchev–Trinajstić information content (AvgIpc) is 3.00. The molecule has 2 aliphatic rings. The van der Waals surface area contributed by atoms with Gasteiger partial charge in [-0.05, 0) is 62.4 Å². The van der Waals surface area contributed by atoms with Crippen LogP contribution in [0.3, 0.4) is 0 Å². The SMILES string of the molecule is CNC1CCCc2ccc(OCCC3CCCO3)cc21. The fourth-order valence-electron chi connectivity index (χ4n) is 3.35. The Hall–Kier alpha value is -1.06. The quantitative estimate of drug-likeness (QED) is 0.895. The van der Waals surface area contributed by atoms with Gasteiger partial charge in [-0.1, -0.05) is 6.07 Å². The zero-order chi connectivity index (χ0) is 13.8. The number of nitrogens with one attached hydrogen (secondary N) is 1. The van der Waals surface area contributed by atoms with E-state index in [2.05, 4.69) is 23.5 Å². The number of hydrogen-bond acceptors (Lipinski definition) is 3. The van der Waals surface area contributed by atoms with Gasteiger partial charge in [0.15, 0.2) is 0 Å². The van der Waals surface area contributed by atoms with E-state index in [9.17, 15) is 0 Å². The molecule has 1 aromatic rings. The molecule has 20 heavy (non-hydrogen) atoms. The van der Waals surface area contributed by atoms with Crippen LogP contribution in [0.25, 0.3) is 0 Å². The second-order valence-electron chi connectivity index (χ2n) is 5.87. The fraction of sp³-hybridized carbons (Fsp3) is 0.647. The number of rotatable bonds is 5. The fourth-order valence-corrected chi connectivity index (χ4v) is 3.35. The molecule has 110 valence electrons. The summed E-state index contributed by atoms with van der Waals surface area (Å²) in [6, 6.07) is 7.07. The van der Waals surface area contributed by atoms with Crippen molar-refractivity contribution in [3.8, 4) is 5.75 Å². The number of benzene rings is 1. The first-order valence-electron chi connectivity index (χ1n) is 7.91. The van der Waals surface area contributed by atoms with Gasteiger partial charge in [0.25, 0.3) is 0 Å². The molecule has 1 aromatic carbocycles. The van der Waals surface area contributed by atoms with Crippen LogP contribution in [0.1, 0.15) is 49.3 Å². The zero-order valence-electron chi connectivity index (χ0n) is 12.4. The summed E-state index contributed by atoms with van der Waals surface area (Å²) < 4.78 is 11.5. The molecule has 0 amide bonds. The van der Waals surface area contributed by atoms with Crippen molar-refractivity contribution in [2.75, 3.05) is 20.3 Å². The van der Waals surface area contributed by atoms with Crippen LogP contribution in [0, 0.1) is 0 Å². The molecule has 1 aliphatic heterocycles. The van der Waals surface area contributed by atoms with E-state index in [0.29, 0.717) is 12.1 Å². The highest BCUT2D eigenvalue weighted by atomic mass is 16.5. The summed E-state index contributed by atoms with van der Waals surface area (Å²) in [4.78, 5) is 0. The van der Waals surface area contributed by atoms with Crippen LogP contribution in [0.5, 0.6) is 5.75 Å². The second kappa shape index (κ2) is 6.59. The predicted molar refractivity (Wildman–Crippen MR) is 80.3 cm³/mol. The van der Waals surface area contributed by atoms with Gasteiger partial charge < -0.3 is 14.8 Å². The van der Waals surface area contributed by atoms with E-state index in [1.54, 1.807) is 0 Å². The third-order valence-corrected chi connectivity index (χ3v) is 4.51. The minimum absolute atomic E-state index is 0.415. The Morgan fingerprint density at radius 2 is 2.25 bits per heavy atom. The topological polar surface area (TPSA) is 30.5 Å². The van der Waals surface area contributed by atoms with E-state index in [1.165, 1.54) is 43.2 Å². The van der Waals surface area contributed by atoms with Gasteiger partial charge in [0.1, 0.15) is 5.75 Å². The van der Waals surface area contributed by atoms with E-state index in [1.807, 2.05) is 7.05 Å². The first-order chi connectivity index (χ1) is 9.86. The molecule has 0 saturated carbocycles. The van der Waals surface area contributed by atoms with E-state index in [4.69, 9.17) is 9.47 Å². The van der Waals surface area contributed by atoms with Gasteiger partial charge in [-0.3, -0.25) is 0 Å². The lowest BCUT2D eigenvalue weighted by molar-refractivity contribution is 0.0903. The molecule has 0 aromatic heterocycles. The maximum Gasteiger partial charge on any atom is 0.119 e. The van der Waals surface area contributed by atoms with Gasteiger partial charge in [0.2, 0.25) is 0 Å². The summed E-state index contributed by atoms with van der Waals surface area (Å²) in [7, 11) is 2.05. The number of hydrogen-bond donors (Lipinski definition) is 1. The normalized spacial score (nSPS) is 25.4. The van der Waals surface area contributed by atoms with Crippen molar-refractivity contribution in [1.82, 2.24) is 5.32 Å². The summed E-state index contributed by atoms with van der Waals surface area (Å²) in [6.07, 6.45) is 7.51. The first kappa shape index (κ1) is 13.9. The third kappa shape index (κ3) is 3.15. The monoisotopic (exact) mass is 275 g/mol. The molecule has 2 unspecified atom stereocenters. The van der Waals surface area contributed by atoms with E-state index in [0.717, 1.165) is 25.4 Å². The molecule has 2 atom stereocenters. The molecule has 1 saturated heterocycles. The van der Waals surface area contributed by atoms with Crippen LogP contribution < -0.4 is 10.1 Å². The molecular formula is C17H25NO2. The molecule has 3 heteroatoms. The van der Waals surface area contributed by atoms with Gasteiger partial charge >= 0.3 is 0 Å². The standard InChI is InChI=1S/C17H25NO2/c1-18-17-6-2-4-13-7-8-15(12-16(13)17)20-11-9-14-5-3-10-19-14/h7-8,12,14,17-18H,2-6,9-11H2,1H3. The van der Waals surface area contributed by atoms with Gasteiger partial charge in [-0.2, -0.15) is 0 Å². The zero-order valence-corrected chi connectivity index (χ0v) is 12.4. The smallest absolute Gasteiger partial charge is 0.119 e. The van der Waals surface area contributed by atoms with Crippen LogP contribution in [-0.2, 0) is 11.2 Å². The average molecular weight is 275 g/mol. The minimum atomic E-state index is 0.415. The summed E-state index contributed by atoms with van der Waals surface area (Å²) in [5.74, 6) is 1.00. The maximum atomic E-state index is 5.92. The molecule has 3 rings (SSSR count). The molecular weight excluding hydrogens is 250 g/mol. The highest BCUT2D eigenvalue weighted by molar-refractivity contribution is 5.39. The van der Waals surface area contributed by atoms with Crippen molar-refractivity contribution in [2.45, 2.75) is 50.7 Å². The van der Waals surface area contributed by atoms with Crippen molar-refractivity contribution in [1.29, 1.82) is 0 Å². The maximum absolute atomic E-state index is 5.92. The highest BCUT2D eigenvalue weighted by Crippen LogP contribution is 2.32. The molecule has 0 radical (unpaired) electrons. The number of aryl methyl sites for hydroxylation is 1. The highest BCUT2D eigenvalue weighted by Gasteiger charge is 2.19. The molecule has 1 heterocycles. The molecule has 0 bridgehead atoms. The van der Waals surface area contributed by atoms with Crippen molar-refractivity contribution in [2.24, 2.45) is 0 Å². The Balaban J connectivity index is 1.59. The molecule has 3 nitrogen and oxygen atoms in total. The van der Waals surface area contributed by atoms with Gasteiger partial charge in [0.05, 0.1) is 12.7 Å². The van der Waals surface area contributed by atoms with Gasteiger partial charge in [-0.15, -0.1) is 0 Å². The van der Waals surface area contributed by atoms with E-state index < -0.39 is 0 Å². The lowest BCUT2D eigenvalue weighted by atomic mass is 9.87. The second-order valence-corrected chi connectivity index (χ2v) is 5.87. The van der Waals surface area contributed by atoms with Crippen LogP contribution in [0.15, 0.2) is 18.2 Å². The molecule has 0 spiro atoms. The van der Waals surface area contributed by atoms with Crippen molar-refractivity contribution in [3.63, 3.8) is 0 Å². The van der Waals surface area contributed by atoms with Crippen molar-refractivity contribution < 1.29 is 9.47 Å². The van der Waals surface area contributed by atoms with Crippen molar-refractivity contribution in [3.05, 3.63) is 29.3 Å². The summed E-state index contributed by atoms with van der Waals surface area (Å²) in [6.45, 7) is 1.68. The molecule has 1 aliphatic carbocycles. The lowest BCUT2D eigenvalue weighted by Gasteiger charge is -2.25. The Kier molecular flexibility index (Phi) is 4.58. The van der Waals surface area contributed by atoms with Gasteiger partial charge in [-0.25, -0.2) is 0 Å². The van der Waals surface area contributed by atoms with Crippen LogP contribution in [0.4, 0.5) is 0 Å². The van der Waals surface area contributed by atoms with Crippen LogP contribution >= 0.6 is 0 Å². The van der Waals surface area contributed by atoms with Crippen molar-refractivity contribution >= 4 is 0 Å². The van der Waals surface area contributed by atoms with Crippen LogP contribution in [0.2, 0.25) is 0 Å². The third-order valence-electron chi connectivity index (χ3n) is 4.51. The largest absolute Gasteiger partial charge is 0.493 e. The van der Waals surface area contributed by atoms with E-state index in [-0.39, 0.29) is 0 Å². The number of fused-ring (bicyclic) bond motifs is 1. The Morgan fingerprint density at radius 3 is 3.05 bits per heavy atom. The lowest BCUT2D eigenvalue weighted by Crippen LogP contribution is -2.21. The van der Waals surface area contributed by atoms with Crippen LogP contribution in [-0.4, -0.2) is 26.4 Å². The minimum Gasteiger partial charge on any atom is -0.493 e. The molecule has 1 N–H and O–H groups in total. The predicted octanol–water partition coefficient (Wildman–Crippen LogP) is 3.23. The summed E-state index contributed by atoms with van der Waals surface area (Å²) in [5.41, 5.74) is 2.90. The number of ether oxygens (including phenoxy) is 2. The summed E-state index contributed by atoms with van der Waals surface area (Å²) in [5, 5.41) is 3.41. The molecule has 1 fully saturated rings. The Bertz CT molecular complexity index is 441. The first-order valence-corrected chi connectivity index (χ1v) is 7.91. The Morgan fingerprint density at radius 1 is 1.30 bits per heavy atom. The van der Waals surface area contributed by atoms with E-state index >= 15 is 0 Å². The van der Waals surface area contributed by atoms with Gasteiger partial charge in [0, 0.05) is 19.1 Å².